The lowest BCUT2D eigenvalue weighted by Crippen LogP contribution is -2.47. The Bertz CT molecular complexity index is 1400. The number of rotatable bonds is 11. The zero-order valence-corrected chi connectivity index (χ0v) is 23.6. The summed E-state index contributed by atoms with van der Waals surface area (Å²) in [7, 11) is 0. The maximum Gasteiger partial charge on any atom is 0.254 e. The highest BCUT2D eigenvalue weighted by Gasteiger charge is 2.24. The van der Waals surface area contributed by atoms with Crippen LogP contribution in [0.4, 0.5) is 0 Å². The third-order valence-electron chi connectivity index (χ3n) is 7.35. The van der Waals surface area contributed by atoms with Gasteiger partial charge in [-0.2, -0.15) is 0 Å². The van der Waals surface area contributed by atoms with Crippen molar-refractivity contribution in [3.8, 4) is 11.1 Å². The molecule has 1 aliphatic heterocycles. The molecule has 0 atom stereocenters. The van der Waals surface area contributed by atoms with Gasteiger partial charge in [-0.1, -0.05) is 72.8 Å². The van der Waals surface area contributed by atoms with Gasteiger partial charge >= 0.3 is 0 Å². The van der Waals surface area contributed by atoms with Gasteiger partial charge in [0, 0.05) is 38.3 Å². The molecule has 0 spiro atoms. The molecule has 0 radical (unpaired) electrons. The quantitative estimate of drug-likeness (QED) is 0.255. The SMILES string of the molecule is Cc1ccc(CN(Cc2ccccc2)C(=O)CN(CCN2CCOCC2)C(=O)c2ccc(-c3ccccc3)cc2)o1. The molecule has 4 aromatic rings. The van der Waals surface area contributed by atoms with Crippen LogP contribution in [0.2, 0.25) is 0 Å². The summed E-state index contributed by atoms with van der Waals surface area (Å²) < 4.78 is 11.3. The van der Waals surface area contributed by atoms with Gasteiger partial charge in [-0.15, -0.1) is 0 Å². The van der Waals surface area contributed by atoms with Crippen molar-refractivity contribution < 1.29 is 18.7 Å². The predicted octanol–water partition coefficient (Wildman–Crippen LogP) is 5.26. The van der Waals surface area contributed by atoms with Crippen LogP contribution in [0.15, 0.2) is 101 Å². The average Bonchev–Trinajstić information content (AvgIpc) is 3.44. The van der Waals surface area contributed by atoms with Gasteiger partial charge in [0.1, 0.15) is 18.1 Å². The first-order chi connectivity index (χ1) is 20.0. The number of morpholine rings is 1. The Morgan fingerprint density at radius 1 is 0.756 bits per heavy atom. The van der Waals surface area contributed by atoms with Gasteiger partial charge in [0.05, 0.1) is 19.8 Å². The van der Waals surface area contributed by atoms with Crippen LogP contribution in [0.1, 0.15) is 27.4 Å². The molecule has 0 bridgehead atoms. The van der Waals surface area contributed by atoms with Gasteiger partial charge in [-0.05, 0) is 47.9 Å². The summed E-state index contributed by atoms with van der Waals surface area (Å²) in [6.07, 6.45) is 0. The van der Waals surface area contributed by atoms with Crippen LogP contribution in [0, 0.1) is 6.92 Å². The summed E-state index contributed by atoms with van der Waals surface area (Å²) in [5, 5.41) is 0. The molecule has 3 aromatic carbocycles. The van der Waals surface area contributed by atoms with Crippen molar-refractivity contribution in [3.05, 3.63) is 120 Å². The highest BCUT2D eigenvalue weighted by atomic mass is 16.5. The number of carbonyl (C=O) groups is 2. The number of aryl methyl sites for hydroxylation is 1. The van der Waals surface area contributed by atoms with Crippen LogP contribution < -0.4 is 0 Å². The Kier molecular flexibility index (Phi) is 9.62. The van der Waals surface area contributed by atoms with Crippen LogP contribution in [0.25, 0.3) is 11.1 Å². The molecule has 1 fully saturated rings. The topological polar surface area (TPSA) is 66.2 Å². The third-order valence-corrected chi connectivity index (χ3v) is 7.35. The van der Waals surface area contributed by atoms with Crippen LogP contribution >= 0.6 is 0 Å². The molecular formula is C34H37N3O4. The fourth-order valence-electron chi connectivity index (χ4n) is 5.02. The summed E-state index contributed by atoms with van der Waals surface area (Å²) in [5.74, 6) is 1.24. The second-order valence-corrected chi connectivity index (χ2v) is 10.4. The molecule has 2 amide bonds. The van der Waals surface area contributed by atoms with E-state index in [4.69, 9.17) is 9.15 Å². The van der Waals surface area contributed by atoms with E-state index in [0.29, 0.717) is 45.0 Å². The van der Waals surface area contributed by atoms with E-state index in [9.17, 15) is 9.59 Å². The van der Waals surface area contributed by atoms with Crippen LogP contribution in [0.5, 0.6) is 0 Å². The first-order valence-corrected chi connectivity index (χ1v) is 14.2. The van der Waals surface area contributed by atoms with Gasteiger partial charge in [0.15, 0.2) is 0 Å². The maximum absolute atomic E-state index is 13.9. The zero-order chi connectivity index (χ0) is 28.4. The highest BCUT2D eigenvalue weighted by Crippen LogP contribution is 2.20. The molecule has 1 saturated heterocycles. The van der Waals surface area contributed by atoms with Crippen molar-refractivity contribution in [1.82, 2.24) is 14.7 Å². The first kappa shape index (κ1) is 28.3. The van der Waals surface area contributed by atoms with Gasteiger partial charge in [-0.25, -0.2) is 0 Å². The molecule has 0 saturated carbocycles. The third kappa shape index (κ3) is 7.93. The fourth-order valence-corrected chi connectivity index (χ4v) is 5.02. The fraction of sp³-hybridized carbons (Fsp3) is 0.294. The number of amides is 2. The molecular weight excluding hydrogens is 514 g/mol. The van der Waals surface area contributed by atoms with E-state index >= 15 is 0 Å². The van der Waals surface area contributed by atoms with Crippen LogP contribution in [-0.2, 0) is 22.6 Å². The molecule has 0 N–H and O–H groups in total. The monoisotopic (exact) mass is 551 g/mol. The largest absolute Gasteiger partial charge is 0.464 e. The lowest BCUT2D eigenvalue weighted by molar-refractivity contribution is -0.133. The normalized spacial score (nSPS) is 13.6. The Hall–Kier alpha value is -4.20. The predicted molar refractivity (Wildman–Crippen MR) is 159 cm³/mol. The molecule has 41 heavy (non-hydrogen) atoms. The van der Waals surface area contributed by atoms with E-state index < -0.39 is 0 Å². The van der Waals surface area contributed by atoms with E-state index in [1.165, 1.54) is 0 Å². The van der Waals surface area contributed by atoms with E-state index in [2.05, 4.69) is 4.90 Å². The number of hydrogen-bond acceptors (Lipinski definition) is 5. The molecule has 1 aromatic heterocycles. The van der Waals surface area contributed by atoms with Gasteiger partial charge < -0.3 is 19.0 Å². The van der Waals surface area contributed by atoms with Gasteiger partial charge in [-0.3, -0.25) is 14.5 Å². The van der Waals surface area contributed by atoms with Crippen LogP contribution in [-0.4, -0.2) is 72.5 Å². The number of furan rings is 1. The molecule has 0 unspecified atom stereocenters. The van der Waals surface area contributed by atoms with E-state index in [1.807, 2.05) is 104 Å². The lowest BCUT2D eigenvalue weighted by Gasteiger charge is -2.31. The summed E-state index contributed by atoms with van der Waals surface area (Å²) in [5.41, 5.74) is 3.72. The number of ether oxygens (including phenoxy) is 1. The maximum atomic E-state index is 13.9. The van der Waals surface area contributed by atoms with Crippen molar-refractivity contribution in [1.29, 1.82) is 0 Å². The number of carbonyl (C=O) groups excluding carboxylic acids is 2. The minimum absolute atomic E-state index is 0.0177. The highest BCUT2D eigenvalue weighted by molar-refractivity contribution is 5.97. The van der Waals surface area contributed by atoms with E-state index in [1.54, 1.807) is 9.80 Å². The van der Waals surface area contributed by atoms with Crippen molar-refractivity contribution in [2.24, 2.45) is 0 Å². The van der Waals surface area contributed by atoms with Crippen molar-refractivity contribution in [3.63, 3.8) is 0 Å². The first-order valence-electron chi connectivity index (χ1n) is 14.2. The summed E-state index contributed by atoms with van der Waals surface area (Å²) in [6, 6.07) is 31.4. The lowest BCUT2D eigenvalue weighted by atomic mass is 10.0. The Morgan fingerprint density at radius 2 is 1.41 bits per heavy atom. The molecule has 7 nitrogen and oxygen atoms in total. The molecule has 212 valence electrons. The number of hydrogen-bond donors (Lipinski definition) is 0. The summed E-state index contributed by atoms with van der Waals surface area (Å²) >= 11 is 0. The van der Waals surface area contributed by atoms with E-state index in [-0.39, 0.29) is 18.4 Å². The summed E-state index contributed by atoms with van der Waals surface area (Å²) in [4.78, 5) is 33.4. The van der Waals surface area contributed by atoms with Crippen molar-refractivity contribution in [2.45, 2.75) is 20.0 Å². The average molecular weight is 552 g/mol. The molecule has 2 heterocycles. The Labute approximate surface area is 241 Å². The minimum Gasteiger partial charge on any atom is -0.464 e. The molecule has 1 aliphatic rings. The molecule has 7 heteroatoms. The summed E-state index contributed by atoms with van der Waals surface area (Å²) in [6.45, 7) is 6.76. The Morgan fingerprint density at radius 3 is 2.07 bits per heavy atom. The van der Waals surface area contributed by atoms with E-state index in [0.717, 1.165) is 41.3 Å². The molecule has 5 rings (SSSR count). The van der Waals surface area contributed by atoms with Crippen molar-refractivity contribution in [2.75, 3.05) is 45.9 Å². The van der Waals surface area contributed by atoms with Crippen molar-refractivity contribution >= 4 is 11.8 Å². The number of nitrogens with zero attached hydrogens (tertiary/aromatic N) is 3. The molecule has 0 aliphatic carbocycles. The second-order valence-electron chi connectivity index (χ2n) is 10.4. The van der Waals surface area contributed by atoms with Crippen LogP contribution in [0.3, 0.4) is 0 Å². The van der Waals surface area contributed by atoms with Gasteiger partial charge in [0.25, 0.3) is 5.91 Å². The Balaban J connectivity index is 1.35. The minimum atomic E-state index is -0.153. The zero-order valence-electron chi connectivity index (χ0n) is 23.6. The van der Waals surface area contributed by atoms with Gasteiger partial charge in [0.2, 0.25) is 5.91 Å². The second kappa shape index (κ2) is 13.9. The standard InChI is InChI=1S/C34H37N3O4/c1-27-12-17-32(41-27)25-37(24-28-8-4-2-5-9-28)33(38)26-36(19-18-35-20-22-40-23-21-35)34(39)31-15-13-30(14-16-31)29-10-6-3-7-11-29/h2-17H,18-26H2,1H3. The number of benzene rings is 3. The smallest absolute Gasteiger partial charge is 0.254 e.